The summed E-state index contributed by atoms with van der Waals surface area (Å²) in [4.78, 5) is 13.0. The zero-order valence-corrected chi connectivity index (χ0v) is 18.6. The topological polar surface area (TPSA) is 84.9 Å². The maximum absolute atomic E-state index is 13.0. The van der Waals surface area contributed by atoms with E-state index in [0.29, 0.717) is 27.9 Å². The Hall–Kier alpha value is -2.45. The van der Waals surface area contributed by atoms with E-state index >= 15 is 0 Å². The van der Waals surface area contributed by atoms with E-state index in [0.717, 1.165) is 16.1 Å². The number of nitrogens with zero attached hydrogens (tertiary/aromatic N) is 1. The van der Waals surface area contributed by atoms with Crippen molar-refractivity contribution in [1.82, 2.24) is 0 Å². The van der Waals surface area contributed by atoms with E-state index in [1.807, 2.05) is 6.92 Å². The van der Waals surface area contributed by atoms with Gasteiger partial charge in [-0.05, 0) is 43.2 Å². The molecule has 1 amide bonds. The van der Waals surface area contributed by atoms with Crippen molar-refractivity contribution < 1.29 is 22.7 Å². The first-order chi connectivity index (χ1) is 13.6. The van der Waals surface area contributed by atoms with Crippen LogP contribution in [0.1, 0.15) is 18.9 Å². The molecule has 2 aromatic carbocycles. The molecule has 0 fully saturated rings. The summed E-state index contributed by atoms with van der Waals surface area (Å²) in [5.41, 5.74) is 1.60. The minimum atomic E-state index is -3.75. The Morgan fingerprint density at radius 2 is 1.79 bits per heavy atom. The fourth-order valence-corrected chi connectivity index (χ4v) is 4.30. The van der Waals surface area contributed by atoms with Crippen molar-refractivity contribution in [3.8, 4) is 11.5 Å². The number of carbonyl (C=O) groups is 1. The van der Waals surface area contributed by atoms with Crippen LogP contribution in [-0.2, 0) is 14.8 Å². The number of sulfonamides is 1. The number of hydrogen-bond acceptors (Lipinski definition) is 5. The van der Waals surface area contributed by atoms with Gasteiger partial charge in [-0.15, -0.1) is 0 Å². The Bertz CT molecular complexity index is 994. The molecule has 2 rings (SSSR count). The Labute approximate surface area is 176 Å². The highest BCUT2D eigenvalue weighted by atomic mass is 35.5. The van der Waals surface area contributed by atoms with Gasteiger partial charge in [0.1, 0.15) is 6.04 Å². The summed E-state index contributed by atoms with van der Waals surface area (Å²) in [6, 6.07) is 8.85. The normalized spacial score (nSPS) is 12.2. The number of ether oxygens (including phenoxy) is 2. The molecule has 0 unspecified atom stereocenters. The van der Waals surface area contributed by atoms with Crippen molar-refractivity contribution in [3.63, 3.8) is 0 Å². The van der Waals surface area contributed by atoms with Crippen molar-refractivity contribution in [3.05, 3.63) is 47.0 Å². The number of carbonyl (C=O) groups excluding carboxylic acids is 1. The Morgan fingerprint density at radius 1 is 1.14 bits per heavy atom. The van der Waals surface area contributed by atoms with Gasteiger partial charge in [-0.1, -0.05) is 24.6 Å². The van der Waals surface area contributed by atoms with Gasteiger partial charge in [-0.3, -0.25) is 9.10 Å². The molecule has 0 heterocycles. The summed E-state index contributed by atoms with van der Waals surface area (Å²) in [6.07, 6.45) is 1.32. The van der Waals surface area contributed by atoms with Gasteiger partial charge in [0.2, 0.25) is 15.9 Å². The van der Waals surface area contributed by atoms with E-state index in [2.05, 4.69) is 5.32 Å². The molecule has 0 radical (unpaired) electrons. The maximum Gasteiger partial charge on any atom is 0.248 e. The average Bonchev–Trinajstić information content (AvgIpc) is 2.67. The molecule has 0 aliphatic heterocycles. The van der Waals surface area contributed by atoms with Crippen molar-refractivity contribution in [1.29, 1.82) is 0 Å². The van der Waals surface area contributed by atoms with Crippen LogP contribution in [0.2, 0.25) is 5.02 Å². The zero-order chi connectivity index (χ0) is 21.8. The Morgan fingerprint density at radius 3 is 2.31 bits per heavy atom. The smallest absolute Gasteiger partial charge is 0.248 e. The molecule has 0 spiro atoms. The molecular weight excluding hydrogens is 416 g/mol. The molecular formula is C20H25ClN2O5S. The van der Waals surface area contributed by atoms with Crippen LogP contribution < -0.4 is 19.1 Å². The predicted octanol–water partition coefficient (Wildman–Crippen LogP) is 3.85. The third-order valence-corrected chi connectivity index (χ3v) is 5.98. The van der Waals surface area contributed by atoms with Gasteiger partial charge in [0.15, 0.2) is 11.5 Å². The molecule has 1 atom stereocenters. The molecule has 9 heteroatoms. The average molecular weight is 441 g/mol. The number of aryl methyl sites for hydroxylation is 1. The second-order valence-electron chi connectivity index (χ2n) is 6.48. The zero-order valence-electron chi connectivity index (χ0n) is 17.0. The second-order valence-corrected chi connectivity index (χ2v) is 8.74. The van der Waals surface area contributed by atoms with Crippen LogP contribution in [0, 0.1) is 6.92 Å². The number of nitrogens with one attached hydrogen (secondary N) is 1. The molecule has 1 N–H and O–H groups in total. The number of rotatable bonds is 8. The number of halogens is 1. The third kappa shape index (κ3) is 5.33. The Balaban J connectivity index is 2.39. The third-order valence-electron chi connectivity index (χ3n) is 4.39. The lowest BCUT2D eigenvalue weighted by Gasteiger charge is -2.30. The van der Waals surface area contributed by atoms with Crippen LogP contribution in [0.3, 0.4) is 0 Å². The van der Waals surface area contributed by atoms with Crippen LogP contribution in [0.15, 0.2) is 36.4 Å². The standard InChI is InChI=1S/C20H25ClN2O5S/c1-6-17(20(24)22-14-8-10-18(27-3)19(11-14)28-4)23(29(5,25)26)15-9-7-13(2)16(21)12-15/h7-12,17H,6H2,1-5H3,(H,22,24)/t17-/m1/s1. The molecule has 7 nitrogen and oxygen atoms in total. The van der Waals surface area contributed by atoms with E-state index in [1.54, 1.807) is 43.3 Å². The van der Waals surface area contributed by atoms with Crippen molar-refractivity contribution in [2.24, 2.45) is 0 Å². The second kappa shape index (κ2) is 9.37. The van der Waals surface area contributed by atoms with Gasteiger partial charge in [-0.2, -0.15) is 0 Å². The van der Waals surface area contributed by atoms with E-state index in [4.69, 9.17) is 21.1 Å². The van der Waals surface area contributed by atoms with Crippen molar-refractivity contribution >= 4 is 38.9 Å². The quantitative estimate of drug-likeness (QED) is 0.673. The van der Waals surface area contributed by atoms with Crippen LogP contribution in [0.25, 0.3) is 0 Å². The summed E-state index contributed by atoms with van der Waals surface area (Å²) in [5.74, 6) is 0.495. The van der Waals surface area contributed by atoms with Crippen LogP contribution in [0.5, 0.6) is 11.5 Å². The van der Waals surface area contributed by atoms with Gasteiger partial charge < -0.3 is 14.8 Å². The largest absolute Gasteiger partial charge is 0.493 e. The molecule has 0 bridgehead atoms. The van der Waals surface area contributed by atoms with Gasteiger partial charge in [0.05, 0.1) is 26.2 Å². The first-order valence-electron chi connectivity index (χ1n) is 8.90. The van der Waals surface area contributed by atoms with Crippen molar-refractivity contribution in [2.75, 3.05) is 30.1 Å². The lowest BCUT2D eigenvalue weighted by molar-refractivity contribution is -0.117. The molecule has 0 saturated heterocycles. The molecule has 29 heavy (non-hydrogen) atoms. The van der Waals surface area contributed by atoms with Gasteiger partial charge in [-0.25, -0.2) is 8.42 Å². The number of anilines is 2. The molecule has 0 aliphatic rings. The molecule has 0 saturated carbocycles. The number of benzene rings is 2. The highest BCUT2D eigenvalue weighted by molar-refractivity contribution is 7.92. The number of amides is 1. The van der Waals surface area contributed by atoms with Crippen LogP contribution in [-0.4, -0.2) is 40.8 Å². The molecule has 0 aromatic heterocycles. The number of hydrogen-bond donors (Lipinski definition) is 1. The summed E-state index contributed by atoms with van der Waals surface area (Å²) in [6.45, 7) is 3.56. The highest BCUT2D eigenvalue weighted by Crippen LogP contribution is 2.31. The monoisotopic (exact) mass is 440 g/mol. The van der Waals surface area contributed by atoms with Gasteiger partial charge in [0, 0.05) is 16.8 Å². The van der Waals surface area contributed by atoms with E-state index in [1.165, 1.54) is 14.2 Å². The molecule has 158 valence electrons. The lowest BCUT2D eigenvalue weighted by atomic mass is 10.1. The Kier molecular flexibility index (Phi) is 7.37. The number of methoxy groups -OCH3 is 2. The SMILES string of the molecule is CC[C@H](C(=O)Nc1ccc(OC)c(OC)c1)N(c1ccc(C)c(Cl)c1)S(C)(=O)=O. The lowest BCUT2D eigenvalue weighted by Crippen LogP contribution is -2.47. The minimum absolute atomic E-state index is 0.262. The van der Waals surface area contributed by atoms with Crippen LogP contribution in [0.4, 0.5) is 11.4 Å². The van der Waals surface area contributed by atoms with Gasteiger partial charge in [0.25, 0.3) is 0 Å². The maximum atomic E-state index is 13.0. The highest BCUT2D eigenvalue weighted by Gasteiger charge is 2.32. The summed E-state index contributed by atoms with van der Waals surface area (Å²) >= 11 is 6.18. The van der Waals surface area contributed by atoms with Crippen molar-refractivity contribution in [2.45, 2.75) is 26.3 Å². The predicted molar refractivity (Wildman–Crippen MR) is 116 cm³/mol. The van der Waals surface area contributed by atoms with E-state index in [-0.39, 0.29) is 6.42 Å². The summed E-state index contributed by atoms with van der Waals surface area (Å²) in [7, 11) is -0.746. The fourth-order valence-electron chi connectivity index (χ4n) is 2.92. The summed E-state index contributed by atoms with van der Waals surface area (Å²) < 4.78 is 36.6. The first kappa shape index (κ1) is 22.8. The fraction of sp³-hybridized carbons (Fsp3) is 0.350. The van der Waals surface area contributed by atoms with Crippen LogP contribution >= 0.6 is 11.6 Å². The molecule has 0 aliphatic carbocycles. The molecule has 2 aromatic rings. The minimum Gasteiger partial charge on any atom is -0.493 e. The van der Waals surface area contributed by atoms with E-state index < -0.39 is 22.0 Å². The van der Waals surface area contributed by atoms with Gasteiger partial charge >= 0.3 is 0 Å². The summed E-state index contributed by atoms with van der Waals surface area (Å²) in [5, 5.41) is 3.18. The van der Waals surface area contributed by atoms with E-state index in [9.17, 15) is 13.2 Å². The first-order valence-corrected chi connectivity index (χ1v) is 11.1.